The van der Waals surface area contributed by atoms with Gasteiger partial charge in [0.2, 0.25) is 10.0 Å². The van der Waals surface area contributed by atoms with Crippen LogP contribution in [-0.2, 0) is 10.0 Å². The minimum Gasteiger partial charge on any atom is -0.345 e. The number of hydrogen-bond donors (Lipinski definition) is 1. The molecule has 1 aliphatic heterocycles. The van der Waals surface area contributed by atoms with Crippen molar-refractivity contribution >= 4 is 15.9 Å². The van der Waals surface area contributed by atoms with Gasteiger partial charge >= 0.3 is 0 Å². The average molecular weight is 311 g/mol. The second-order valence-corrected chi connectivity index (χ2v) is 7.29. The number of carbonyl (C=O) groups is 1. The number of amides is 1. The molecule has 2 rings (SSSR count). The molecule has 1 N–H and O–H groups in total. The normalized spacial score (nSPS) is 20.2. The molecule has 6 nitrogen and oxygen atoms in total. The molecule has 1 heterocycles. The minimum absolute atomic E-state index is 0.100. The number of hydrogen-bond acceptors (Lipinski definition) is 4. The van der Waals surface area contributed by atoms with Crippen molar-refractivity contribution in [2.24, 2.45) is 0 Å². The Morgan fingerprint density at radius 3 is 2.71 bits per heavy atom. The summed E-state index contributed by atoms with van der Waals surface area (Å²) in [6.45, 7) is 3.59. The van der Waals surface area contributed by atoms with Crippen LogP contribution in [0.2, 0.25) is 0 Å². The van der Waals surface area contributed by atoms with Gasteiger partial charge in [-0.05, 0) is 25.1 Å². The lowest BCUT2D eigenvalue weighted by atomic mass is 10.2. The quantitative estimate of drug-likeness (QED) is 0.876. The molecular weight excluding hydrogens is 290 g/mol. The monoisotopic (exact) mass is 311 g/mol. The van der Waals surface area contributed by atoms with Crippen LogP contribution in [0.4, 0.5) is 0 Å². The van der Waals surface area contributed by atoms with Crippen molar-refractivity contribution < 1.29 is 13.2 Å². The Kier molecular flexibility index (Phi) is 4.65. The summed E-state index contributed by atoms with van der Waals surface area (Å²) < 4.78 is 26.9. The van der Waals surface area contributed by atoms with Gasteiger partial charge in [-0.25, -0.2) is 8.42 Å². The van der Waals surface area contributed by atoms with Crippen LogP contribution < -0.4 is 5.32 Å². The third-order valence-corrected chi connectivity index (χ3v) is 5.54. The summed E-state index contributed by atoms with van der Waals surface area (Å²) in [5.74, 6) is -0.208. The second-order valence-electron chi connectivity index (χ2n) is 5.40. The van der Waals surface area contributed by atoms with E-state index in [2.05, 4.69) is 5.32 Å². The Hall–Kier alpha value is -1.44. The van der Waals surface area contributed by atoms with Crippen molar-refractivity contribution in [3.63, 3.8) is 0 Å². The van der Waals surface area contributed by atoms with Crippen molar-refractivity contribution in [1.29, 1.82) is 0 Å². The molecule has 1 unspecified atom stereocenters. The number of piperazine rings is 1. The first kappa shape index (κ1) is 15.9. The molecule has 1 fully saturated rings. The first-order valence-electron chi connectivity index (χ1n) is 6.88. The minimum atomic E-state index is -3.57. The lowest BCUT2D eigenvalue weighted by Crippen LogP contribution is -2.52. The standard InChI is InChI=1S/C14H21N3O3S/c1-11-10-15-7-8-17(11)21(19,20)13-6-4-5-12(9-13)14(18)16(2)3/h4-6,9,11,15H,7-8,10H2,1-3H3. The zero-order chi connectivity index (χ0) is 15.6. The van der Waals surface area contributed by atoms with Crippen LogP contribution in [0, 0.1) is 0 Å². The number of rotatable bonds is 3. The van der Waals surface area contributed by atoms with Crippen LogP contribution in [0.25, 0.3) is 0 Å². The van der Waals surface area contributed by atoms with Crippen molar-refractivity contribution in [2.75, 3.05) is 33.7 Å². The number of benzene rings is 1. The molecule has 1 atom stereocenters. The largest absolute Gasteiger partial charge is 0.345 e. The van der Waals surface area contributed by atoms with Gasteiger partial charge in [0.1, 0.15) is 0 Å². The number of sulfonamides is 1. The van der Waals surface area contributed by atoms with Crippen LogP contribution in [0.15, 0.2) is 29.2 Å². The highest BCUT2D eigenvalue weighted by Gasteiger charge is 2.31. The van der Waals surface area contributed by atoms with Gasteiger partial charge in [0, 0.05) is 45.3 Å². The maximum absolute atomic E-state index is 12.7. The van der Waals surface area contributed by atoms with Crippen molar-refractivity contribution in [3.05, 3.63) is 29.8 Å². The first-order chi connectivity index (χ1) is 9.84. The highest BCUT2D eigenvalue weighted by Crippen LogP contribution is 2.20. The molecule has 1 aliphatic rings. The zero-order valence-corrected chi connectivity index (χ0v) is 13.4. The Bertz CT molecular complexity index is 628. The van der Waals surface area contributed by atoms with E-state index in [0.29, 0.717) is 25.2 Å². The number of nitrogens with zero attached hydrogens (tertiary/aromatic N) is 2. The second kappa shape index (κ2) is 6.13. The Labute approximate surface area is 125 Å². The van der Waals surface area contributed by atoms with Gasteiger partial charge in [-0.3, -0.25) is 4.79 Å². The van der Waals surface area contributed by atoms with E-state index in [1.165, 1.54) is 21.3 Å². The average Bonchev–Trinajstić information content (AvgIpc) is 2.46. The fraction of sp³-hybridized carbons (Fsp3) is 0.500. The van der Waals surface area contributed by atoms with Gasteiger partial charge in [-0.2, -0.15) is 4.31 Å². The Morgan fingerprint density at radius 2 is 2.10 bits per heavy atom. The topological polar surface area (TPSA) is 69.7 Å². The Morgan fingerprint density at radius 1 is 1.38 bits per heavy atom. The number of carbonyl (C=O) groups excluding carboxylic acids is 1. The first-order valence-corrected chi connectivity index (χ1v) is 8.32. The summed E-state index contributed by atoms with van der Waals surface area (Å²) in [4.78, 5) is 13.6. The summed E-state index contributed by atoms with van der Waals surface area (Å²) in [5, 5.41) is 3.17. The van der Waals surface area contributed by atoms with E-state index in [1.807, 2.05) is 6.92 Å². The molecule has 0 saturated carbocycles. The van der Waals surface area contributed by atoms with Gasteiger partial charge < -0.3 is 10.2 Å². The van der Waals surface area contributed by atoms with E-state index in [9.17, 15) is 13.2 Å². The fourth-order valence-corrected chi connectivity index (χ4v) is 4.04. The van der Waals surface area contributed by atoms with Crippen LogP contribution in [0.3, 0.4) is 0 Å². The van der Waals surface area contributed by atoms with E-state index < -0.39 is 10.0 Å². The third kappa shape index (κ3) is 3.25. The van der Waals surface area contributed by atoms with Crippen LogP contribution >= 0.6 is 0 Å². The molecule has 1 aromatic carbocycles. The molecule has 21 heavy (non-hydrogen) atoms. The fourth-order valence-electron chi connectivity index (χ4n) is 2.36. The van der Waals surface area contributed by atoms with Crippen LogP contribution in [0.1, 0.15) is 17.3 Å². The van der Waals surface area contributed by atoms with Gasteiger partial charge in [0.25, 0.3) is 5.91 Å². The molecule has 116 valence electrons. The lowest BCUT2D eigenvalue weighted by Gasteiger charge is -2.32. The van der Waals surface area contributed by atoms with Gasteiger partial charge in [-0.15, -0.1) is 0 Å². The molecule has 0 aromatic heterocycles. The van der Waals surface area contributed by atoms with E-state index in [0.717, 1.165) is 0 Å². The molecule has 1 aromatic rings. The smallest absolute Gasteiger partial charge is 0.253 e. The van der Waals surface area contributed by atoms with Gasteiger partial charge in [-0.1, -0.05) is 6.07 Å². The maximum atomic E-state index is 12.7. The van der Waals surface area contributed by atoms with E-state index in [4.69, 9.17) is 0 Å². The SMILES string of the molecule is CC1CNCCN1S(=O)(=O)c1cccc(C(=O)N(C)C)c1. The van der Waals surface area contributed by atoms with Gasteiger partial charge in [0.15, 0.2) is 0 Å². The van der Waals surface area contributed by atoms with Gasteiger partial charge in [0.05, 0.1) is 4.90 Å². The molecule has 1 amide bonds. The summed E-state index contributed by atoms with van der Waals surface area (Å²) in [6.07, 6.45) is 0. The van der Waals surface area contributed by atoms with Crippen molar-refractivity contribution in [2.45, 2.75) is 17.9 Å². The molecule has 0 aliphatic carbocycles. The predicted octanol–water partition coefficient (Wildman–Crippen LogP) is 0.371. The van der Waals surface area contributed by atoms with Crippen LogP contribution in [0.5, 0.6) is 0 Å². The number of nitrogens with one attached hydrogen (secondary N) is 1. The van der Waals surface area contributed by atoms with E-state index in [-0.39, 0.29) is 16.8 Å². The molecule has 0 spiro atoms. The molecule has 0 bridgehead atoms. The maximum Gasteiger partial charge on any atom is 0.253 e. The Balaban J connectivity index is 2.36. The molecule has 7 heteroatoms. The summed E-state index contributed by atoms with van der Waals surface area (Å²) in [5.41, 5.74) is 0.379. The van der Waals surface area contributed by atoms with E-state index in [1.54, 1.807) is 26.2 Å². The van der Waals surface area contributed by atoms with Crippen LogP contribution in [-0.4, -0.2) is 63.3 Å². The lowest BCUT2D eigenvalue weighted by molar-refractivity contribution is 0.0827. The highest BCUT2D eigenvalue weighted by molar-refractivity contribution is 7.89. The highest BCUT2D eigenvalue weighted by atomic mass is 32.2. The zero-order valence-electron chi connectivity index (χ0n) is 12.5. The molecular formula is C14H21N3O3S. The molecule has 0 radical (unpaired) electrons. The predicted molar refractivity (Wildman–Crippen MR) is 80.7 cm³/mol. The summed E-state index contributed by atoms with van der Waals surface area (Å²) in [6, 6.07) is 6.12. The summed E-state index contributed by atoms with van der Waals surface area (Å²) in [7, 11) is -0.289. The van der Waals surface area contributed by atoms with E-state index >= 15 is 0 Å². The van der Waals surface area contributed by atoms with Crippen molar-refractivity contribution in [3.8, 4) is 0 Å². The third-order valence-electron chi connectivity index (χ3n) is 3.53. The van der Waals surface area contributed by atoms with Crippen molar-refractivity contribution in [1.82, 2.24) is 14.5 Å². The summed E-state index contributed by atoms with van der Waals surface area (Å²) >= 11 is 0. The molecule has 1 saturated heterocycles.